The van der Waals surface area contributed by atoms with E-state index in [-0.39, 0.29) is 12.1 Å². The van der Waals surface area contributed by atoms with Crippen LogP contribution in [0.2, 0.25) is 0 Å². The summed E-state index contributed by atoms with van der Waals surface area (Å²) in [5.41, 5.74) is 0.991. The second kappa shape index (κ2) is 7.76. The zero-order valence-electron chi connectivity index (χ0n) is 12.8. The highest BCUT2D eigenvalue weighted by Crippen LogP contribution is 2.18. The van der Waals surface area contributed by atoms with E-state index in [1.165, 1.54) is 0 Å². The smallest absolute Gasteiger partial charge is 0.240 e. The Hall–Kier alpha value is -0.910. The van der Waals surface area contributed by atoms with Gasteiger partial charge in [0.05, 0.1) is 4.90 Å². The molecule has 2 N–H and O–H groups in total. The number of hydrogen-bond donors (Lipinski definition) is 2. The monoisotopic (exact) mass is 298 g/mol. The van der Waals surface area contributed by atoms with Gasteiger partial charge >= 0.3 is 0 Å². The van der Waals surface area contributed by atoms with Crippen LogP contribution in [0.15, 0.2) is 29.2 Å². The molecule has 1 aromatic rings. The molecule has 0 aliphatic rings. The molecule has 0 aliphatic carbocycles. The van der Waals surface area contributed by atoms with Crippen molar-refractivity contribution in [2.24, 2.45) is 0 Å². The lowest BCUT2D eigenvalue weighted by atomic mass is 10.1. The molecule has 0 bridgehead atoms. The third-order valence-electron chi connectivity index (χ3n) is 3.34. The van der Waals surface area contributed by atoms with Gasteiger partial charge in [0.25, 0.3) is 0 Å². The van der Waals surface area contributed by atoms with Crippen LogP contribution in [0.5, 0.6) is 0 Å². The van der Waals surface area contributed by atoms with Gasteiger partial charge in [-0.3, -0.25) is 0 Å². The van der Waals surface area contributed by atoms with E-state index in [2.05, 4.69) is 17.0 Å². The van der Waals surface area contributed by atoms with Crippen molar-refractivity contribution in [2.75, 3.05) is 6.54 Å². The SMILES string of the molecule is CCCNC(C)c1cccc(S(=O)(=O)NC(C)CC)c1. The van der Waals surface area contributed by atoms with Crippen LogP contribution in [-0.4, -0.2) is 21.0 Å². The molecule has 114 valence electrons. The Kier molecular flexibility index (Phi) is 6.65. The summed E-state index contributed by atoms with van der Waals surface area (Å²) in [7, 11) is -3.43. The van der Waals surface area contributed by atoms with Crippen molar-refractivity contribution >= 4 is 10.0 Å². The summed E-state index contributed by atoms with van der Waals surface area (Å²) >= 11 is 0. The molecule has 0 aliphatic heterocycles. The Morgan fingerprint density at radius 1 is 1.20 bits per heavy atom. The molecule has 0 amide bonds. The maximum Gasteiger partial charge on any atom is 0.240 e. The molecular formula is C15H26N2O2S. The van der Waals surface area contributed by atoms with Gasteiger partial charge in [0, 0.05) is 12.1 Å². The van der Waals surface area contributed by atoms with Crippen LogP contribution in [0.4, 0.5) is 0 Å². The maximum absolute atomic E-state index is 12.3. The lowest BCUT2D eigenvalue weighted by molar-refractivity contribution is 0.553. The second-order valence-electron chi connectivity index (χ2n) is 5.18. The molecule has 0 saturated carbocycles. The Morgan fingerprint density at radius 2 is 1.90 bits per heavy atom. The average molecular weight is 298 g/mol. The molecule has 0 saturated heterocycles. The fourth-order valence-corrected chi connectivity index (χ4v) is 3.23. The Morgan fingerprint density at radius 3 is 2.50 bits per heavy atom. The zero-order valence-corrected chi connectivity index (χ0v) is 13.6. The molecule has 0 aromatic heterocycles. The van der Waals surface area contributed by atoms with E-state index in [9.17, 15) is 8.42 Å². The Labute approximate surface area is 123 Å². The molecule has 0 fully saturated rings. The van der Waals surface area contributed by atoms with Gasteiger partial charge in [-0.25, -0.2) is 13.1 Å². The molecular weight excluding hydrogens is 272 g/mol. The highest BCUT2D eigenvalue weighted by Gasteiger charge is 2.17. The van der Waals surface area contributed by atoms with Crippen LogP contribution < -0.4 is 10.0 Å². The lowest BCUT2D eigenvalue weighted by Crippen LogP contribution is -2.32. The van der Waals surface area contributed by atoms with E-state index in [0.29, 0.717) is 4.90 Å². The third kappa shape index (κ3) is 4.89. The van der Waals surface area contributed by atoms with Crippen molar-refractivity contribution in [3.05, 3.63) is 29.8 Å². The molecule has 0 spiro atoms. The largest absolute Gasteiger partial charge is 0.310 e. The summed E-state index contributed by atoms with van der Waals surface area (Å²) in [6.07, 6.45) is 1.82. The number of nitrogens with one attached hydrogen (secondary N) is 2. The van der Waals surface area contributed by atoms with Gasteiger partial charge < -0.3 is 5.32 Å². The highest BCUT2D eigenvalue weighted by atomic mass is 32.2. The molecule has 4 nitrogen and oxygen atoms in total. The first-order chi connectivity index (χ1) is 9.40. The first kappa shape index (κ1) is 17.1. The van der Waals surface area contributed by atoms with Gasteiger partial charge in [0.2, 0.25) is 10.0 Å². The van der Waals surface area contributed by atoms with Crippen LogP contribution in [0.3, 0.4) is 0 Å². The second-order valence-corrected chi connectivity index (χ2v) is 6.89. The van der Waals surface area contributed by atoms with Gasteiger partial charge in [-0.2, -0.15) is 0 Å². The lowest BCUT2D eigenvalue weighted by Gasteiger charge is -2.16. The topological polar surface area (TPSA) is 58.2 Å². The van der Waals surface area contributed by atoms with Crippen LogP contribution in [-0.2, 0) is 10.0 Å². The van der Waals surface area contributed by atoms with Crippen molar-refractivity contribution < 1.29 is 8.42 Å². The minimum atomic E-state index is -3.43. The van der Waals surface area contributed by atoms with Crippen LogP contribution in [0, 0.1) is 0 Å². The molecule has 20 heavy (non-hydrogen) atoms. The quantitative estimate of drug-likeness (QED) is 0.776. The summed E-state index contributed by atoms with van der Waals surface area (Å²) in [5.74, 6) is 0. The van der Waals surface area contributed by atoms with E-state index in [0.717, 1.165) is 24.9 Å². The van der Waals surface area contributed by atoms with Crippen molar-refractivity contribution in [1.82, 2.24) is 10.0 Å². The fraction of sp³-hybridized carbons (Fsp3) is 0.600. The average Bonchev–Trinajstić information content (AvgIpc) is 2.44. The summed E-state index contributed by atoms with van der Waals surface area (Å²) in [6.45, 7) is 8.90. The Bertz CT molecular complexity index is 514. The van der Waals surface area contributed by atoms with Crippen molar-refractivity contribution in [2.45, 2.75) is 57.5 Å². The zero-order chi connectivity index (χ0) is 15.2. The molecule has 0 radical (unpaired) electrons. The number of rotatable bonds is 8. The molecule has 2 atom stereocenters. The first-order valence-electron chi connectivity index (χ1n) is 7.26. The van der Waals surface area contributed by atoms with Gasteiger partial charge in [0.1, 0.15) is 0 Å². The van der Waals surface area contributed by atoms with E-state index in [1.807, 2.05) is 26.8 Å². The van der Waals surface area contributed by atoms with E-state index in [4.69, 9.17) is 0 Å². The maximum atomic E-state index is 12.3. The van der Waals surface area contributed by atoms with Gasteiger partial charge in [-0.1, -0.05) is 26.0 Å². The molecule has 5 heteroatoms. The molecule has 0 heterocycles. The first-order valence-corrected chi connectivity index (χ1v) is 8.74. The standard InChI is InChI=1S/C15H26N2O2S/c1-5-10-16-13(4)14-8-7-9-15(11-14)20(18,19)17-12(3)6-2/h7-9,11-13,16-17H,5-6,10H2,1-4H3. The molecule has 1 rings (SSSR count). The predicted octanol–water partition coefficient (Wildman–Crippen LogP) is 2.82. The van der Waals surface area contributed by atoms with E-state index < -0.39 is 10.0 Å². The summed E-state index contributed by atoms with van der Waals surface area (Å²) in [5, 5.41) is 3.36. The Balaban J connectivity index is 2.92. The third-order valence-corrected chi connectivity index (χ3v) is 4.92. The highest BCUT2D eigenvalue weighted by molar-refractivity contribution is 7.89. The van der Waals surface area contributed by atoms with Crippen molar-refractivity contribution in [3.63, 3.8) is 0 Å². The summed E-state index contributed by atoms with van der Waals surface area (Å²) < 4.78 is 27.2. The van der Waals surface area contributed by atoms with Gasteiger partial charge in [-0.15, -0.1) is 0 Å². The van der Waals surface area contributed by atoms with Crippen molar-refractivity contribution in [1.29, 1.82) is 0 Å². The van der Waals surface area contributed by atoms with Crippen LogP contribution in [0.25, 0.3) is 0 Å². The summed E-state index contributed by atoms with van der Waals surface area (Å²) in [6, 6.07) is 7.23. The molecule has 2 unspecified atom stereocenters. The van der Waals surface area contributed by atoms with Crippen LogP contribution >= 0.6 is 0 Å². The minimum Gasteiger partial charge on any atom is -0.310 e. The van der Waals surface area contributed by atoms with Crippen LogP contribution in [0.1, 0.15) is 52.1 Å². The fourth-order valence-electron chi connectivity index (χ4n) is 1.85. The van der Waals surface area contributed by atoms with Gasteiger partial charge in [-0.05, 0) is 50.9 Å². The number of sulfonamides is 1. The minimum absolute atomic E-state index is 0.0562. The number of benzene rings is 1. The predicted molar refractivity (Wildman–Crippen MR) is 83.2 cm³/mol. The summed E-state index contributed by atoms with van der Waals surface area (Å²) in [4.78, 5) is 0.334. The molecule has 1 aromatic carbocycles. The normalized spacial score (nSPS) is 15.0. The van der Waals surface area contributed by atoms with E-state index in [1.54, 1.807) is 18.2 Å². The van der Waals surface area contributed by atoms with E-state index >= 15 is 0 Å². The van der Waals surface area contributed by atoms with Crippen molar-refractivity contribution in [3.8, 4) is 0 Å². The van der Waals surface area contributed by atoms with Gasteiger partial charge in [0.15, 0.2) is 0 Å². The number of hydrogen-bond acceptors (Lipinski definition) is 3.